The molecule has 2 aromatic carbocycles. The molecule has 0 radical (unpaired) electrons. The van der Waals surface area contributed by atoms with Crippen LogP contribution in [0.5, 0.6) is 5.75 Å². The molecule has 2 nitrogen and oxygen atoms in total. The Kier molecular flexibility index (Phi) is 7.12. The lowest BCUT2D eigenvalue weighted by Crippen LogP contribution is -1.96. The Bertz CT molecular complexity index is 609. The number of carbonyl (C=O) groups excluding carboxylic acids is 1. The zero-order valence-electron chi connectivity index (χ0n) is 13.7. The summed E-state index contributed by atoms with van der Waals surface area (Å²) in [5.41, 5.74) is 2.90. The molecular formula is C21H24O2. The fourth-order valence-electron chi connectivity index (χ4n) is 2.27. The third-order valence-corrected chi connectivity index (χ3v) is 3.69. The first-order valence-electron chi connectivity index (χ1n) is 8.28. The highest BCUT2D eigenvalue weighted by atomic mass is 16.5. The highest BCUT2D eigenvalue weighted by molar-refractivity contribution is 5.76. The summed E-state index contributed by atoms with van der Waals surface area (Å²) in [6, 6.07) is 15.6. The molecule has 0 bridgehead atoms. The van der Waals surface area contributed by atoms with Crippen molar-refractivity contribution in [2.75, 3.05) is 6.61 Å². The first-order valence-corrected chi connectivity index (χ1v) is 8.28. The standard InChI is InChI=1S/C21H24O2/c1-2-3-4-5-16-23-21-14-12-19(13-15-21)7-6-18-8-10-20(17-22)11-9-18/h6-15,17H,2-5,16H2,1H3/b7-6-. The van der Waals surface area contributed by atoms with Crippen LogP contribution in [0.3, 0.4) is 0 Å². The van der Waals surface area contributed by atoms with Crippen molar-refractivity contribution in [1.82, 2.24) is 0 Å². The molecule has 2 aromatic rings. The van der Waals surface area contributed by atoms with Gasteiger partial charge < -0.3 is 4.74 Å². The van der Waals surface area contributed by atoms with Crippen LogP contribution in [-0.2, 0) is 0 Å². The number of carbonyl (C=O) groups is 1. The van der Waals surface area contributed by atoms with Gasteiger partial charge in [-0.15, -0.1) is 0 Å². The summed E-state index contributed by atoms with van der Waals surface area (Å²) in [6.45, 7) is 3.00. The van der Waals surface area contributed by atoms with Gasteiger partial charge in [0.1, 0.15) is 12.0 Å². The molecule has 23 heavy (non-hydrogen) atoms. The van der Waals surface area contributed by atoms with Gasteiger partial charge in [0, 0.05) is 5.56 Å². The van der Waals surface area contributed by atoms with E-state index >= 15 is 0 Å². The monoisotopic (exact) mass is 308 g/mol. The summed E-state index contributed by atoms with van der Waals surface area (Å²) in [6.07, 6.45) is 9.83. The van der Waals surface area contributed by atoms with E-state index in [1.54, 1.807) is 0 Å². The second-order valence-corrected chi connectivity index (χ2v) is 5.60. The van der Waals surface area contributed by atoms with Crippen molar-refractivity contribution in [3.63, 3.8) is 0 Å². The quantitative estimate of drug-likeness (QED) is 0.341. The van der Waals surface area contributed by atoms with Gasteiger partial charge >= 0.3 is 0 Å². The highest BCUT2D eigenvalue weighted by Gasteiger charge is 1.95. The summed E-state index contributed by atoms with van der Waals surface area (Å²) in [5, 5.41) is 0. The fourth-order valence-corrected chi connectivity index (χ4v) is 2.27. The SMILES string of the molecule is CCCCCCOc1ccc(/C=C\c2ccc(C=O)cc2)cc1. The second-order valence-electron chi connectivity index (χ2n) is 5.60. The number of hydrogen-bond acceptors (Lipinski definition) is 2. The van der Waals surface area contributed by atoms with E-state index in [0.29, 0.717) is 5.56 Å². The minimum atomic E-state index is 0.697. The van der Waals surface area contributed by atoms with Gasteiger partial charge in [-0.05, 0) is 29.7 Å². The maximum atomic E-state index is 10.6. The number of rotatable bonds is 9. The summed E-state index contributed by atoms with van der Waals surface area (Å²) in [4.78, 5) is 10.6. The number of ether oxygens (including phenoxy) is 1. The highest BCUT2D eigenvalue weighted by Crippen LogP contribution is 2.15. The number of aldehydes is 1. The number of benzene rings is 2. The van der Waals surface area contributed by atoms with Crippen molar-refractivity contribution >= 4 is 18.4 Å². The molecule has 0 heterocycles. The van der Waals surface area contributed by atoms with Crippen LogP contribution in [0.4, 0.5) is 0 Å². The Morgan fingerprint density at radius 3 is 1.91 bits per heavy atom. The molecule has 0 atom stereocenters. The van der Waals surface area contributed by atoms with E-state index in [-0.39, 0.29) is 0 Å². The molecule has 0 aliphatic heterocycles. The van der Waals surface area contributed by atoms with Crippen LogP contribution in [0.25, 0.3) is 12.2 Å². The lowest BCUT2D eigenvalue weighted by atomic mass is 10.1. The zero-order chi connectivity index (χ0) is 16.3. The largest absolute Gasteiger partial charge is 0.494 e. The van der Waals surface area contributed by atoms with Gasteiger partial charge in [-0.25, -0.2) is 0 Å². The summed E-state index contributed by atoms with van der Waals surface area (Å²) in [7, 11) is 0. The van der Waals surface area contributed by atoms with Gasteiger partial charge in [-0.1, -0.05) is 74.7 Å². The predicted molar refractivity (Wildman–Crippen MR) is 96.8 cm³/mol. The van der Waals surface area contributed by atoms with E-state index < -0.39 is 0 Å². The van der Waals surface area contributed by atoms with Crippen molar-refractivity contribution in [1.29, 1.82) is 0 Å². The van der Waals surface area contributed by atoms with Gasteiger partial charge in [0.15, 0.2) is 0 Å². The Hall–Kier alpha value is -2.35. The van der Waals surface area contributed by atoms with Gasteiger partial charge in [-0.3, -0.25) is 4.79 Å². The number of unbranched alkanes of at least 4 members (excludes halogenated alkanes) is 3. The van der Waals surface area contributed by atoms with E-state index in [1.807, 2.05) is 42.5 Å². The van der Waals surface area contributed by atoms with Crippen LogP contribution in [0, 0.1) is 0 Å². The Morgan fingerprint density at radius 1 is 0.783 bits per heavy atom. The Morgan fingerprint density at radius 2 is 1.35 bits per heavy atom. The van der Waals surface area contributed by atoms with Crippen molar-refractivity contribution in [2.45, 2.75) is 32.6 Å². The molecule has 0 aliphatic carbocycles. The topological polar surface area (TPSA) is 26.3 Å². The molecule has 0 spiro atoms. The van der Waals surface area contributed by atoms with Crippen LogP contribution in [-0.4, -0.2) is 12.9 Å². The molecule has 0 N–H and O–H groups in total. The Labute approximate surface area is 138 Å². The van der Waals surface area contributed by atoms with E-state index in [2.05, 4.69) is 25.1 Å². The smallest absolute Gasteiger partial charge is 0.150 e. The van der Waals surface area contributed by atoms with Crippen molar-refractivity contribution < 1.29 is 9.53 Å². The lowest BCUT2D eigenvalue weighted by molar-refractivity contribution is 0.112. The predicted octanol–water partition coefficient (Wildman–Crippen LogP) is 5.63. The van der Waals surface area contributed by atoms with Gasteiger partial charge in [-0.2, -0.15) is 0 Å². The third-order valence-electron chi connectivity index (χ3n) is 3.69. The molecule has 2 heteroatoms. The third kappa shape index (κ3) is 6.11. The minimum absolute atomic E-state index is 0.697. The Balaban J connectivity index is 1.83. The molecule has 0 aliphatic rings. The second kappa shape index (κ2) is 9.62. The maximum Gasteiger partial charge on any atom is 0.150 e. The van der Waals surface area contributed by atoms with E-state index in [1.165, 1.54) is 19.3 Å². The van der Waals surface area contributed by atoms with Crippen molar-refractivity contribution in [2.24, 2.45) is 0 Å². The van der Waals surface area contributed by atoms with Gasteiger partial charge in [0.2, 0.25) is 0 Å². The molecule has 0 saturated heterocycles. The fraction of sp³-hybridized carbons (Fsp3) is 0.286. The number of hydrogen-bond donors (Lipinski definition) is 0. The maximum absolute atomic E-state index is 10.6. The first-order chi connectivity index (χ1) is 11.3. The van der Waals surface area contributed by atoms with E-state index in [9.17, 15) is 4.79 Å². The summed E-state index contributed by atoms with van der Waals surface area (Å²) < 4.78 is 5.74. The molecular weight excluding hydrogens is 284 g/mol. The average Bonchev–Trinajstić information content (AvgIpc) is 2.61. The zero-order valence-corrected chi connectivity index (χ0v) is 13.7. The molecule has 120 valence electrons. The first kappa shape index (κ1) is 17.0. The van der Waals surface area contributed by atoms with Crippen LogP contribution < -0.4 is 4.74 Å². The molecule has 0 unspecified atom stereocenters. The molecule has 0 amide bonds. The van der Waals surface area contributed by atoms with Crippen LogP contribution in [0.1, 0.15) is 54.1 Å². The van der Waals surface area contributed by atoms with E-state index in [4.69, 9.17) is 4.74 Å². The average molecular weight is 308 g/mol. The van der Waals surface area contributed by atoms with Crippen LogP contribution >= 0.6 is 0 Å². The molecule has 0 aromatic heterocycles. The van der Waals surface area contributed by atoms with Crippen LogP contribution in [0.2, 0.25) is 0 Å². The van der Waals surface area contributed by atoms with Crippen molar-refractivity contribution in [3.05, 3.63) is 65.2 Å². The van der Waals surface area contributed by atoms with E-state index in [0.717, 1.165) is 36.2 Å². The van der Waals surface area contributed by atoms with Crippen LogP contribution in [0.15, 0.2) is 48.5 Å². The van der Waals surface area contributed by atoms with Gasteiger partial charge in [0.25, 0.3) is 0 Å². The minimum Gasteiger partial charge on any atom is -0.494 e. The summed E-state index contributed by atoms with van der Waals surface area (Å²) >= 11 is 0. The van der Waals surface area contributed by atoms with Gasteiger partial charge in [0.05, 0.1) is 6.61 Å². The molecule has 0 fully saturated rings. The normalized spacial score (nSPS) is 10.8. The summed E-state index contributed by atoms with van der Waals surface area (Å²) in [5.74, 6) is 0.925. The van der Waals surface area contributed by atoms with Crippen molar-refractivity contribution in [3.8, 4) is 5.75 Å². The lowest BCUT2D eigenvalue weighted by Gasteiger charge is -2.06. The molecule has 2 rings (SSSR count). The molecule has 0 saturated carbocycles.